The van der Waals surface area contributed by atoms with Gasteiger partial charge >= 0.3 is 0 Å². The molecule has 5 aromatic rings. The van der Waals surface area contributed by atoms with Gasteiger partial charge in [0, 0.05) is 15.7 Å². The average molecular weight is 526 g/mol. The Morgan fingerprint density at radius 1 is 0.946 bits per heavy atom. The lowest BCUT2D eigenvalue weighted by Gasteiger charge is -2.17. The number of hydrogen-bond acceptors (Lipinski definition) is 6. The molecule has 37 heavy (non-hydrogen) atoms. The van der Waals surface area contributed by atoms with Crippen molar-refractivity contribution in [3.05, 3.63) is 112 Å². The van der Waals surface area contributed by atoms with Crippen LogP contribution in [0.1, 0.15) is 22.6 Å². The van der Waals surface area contributed by atoms with E-state index in [9.17, 15) is 5.26 Å². The first-order valence-corrected chi connectivity index (χ1v) is 12.2. The second-order valence-electron chi connectivity index (χ2n) is 8.48. The SMILES string of the molecule is Cc1cc(C(C#N)c2ccc(Cl)cc2)c(Cl)cc1Nc1ncnc(Oc2ccc3ccccc3c2)c1N. The van der Waals surface area contributed by atoms with Crippen LogP contribution in [0.3, 0.4) is 0 Å². The molecule has 0 amide bonds. The van der Waals surface area contributed by atoms with E-state index in [4.69, 9.17) is 33.7 Å². The van der Waals surface area contributed by atoms with Gasteiger partial charge in [0.1, 0.15) is 17.8 Å². The summed E-state index contributed by atoms with van der Waals surface area (Å²) >= 11 is 12.6. The molecule has 182 valence electrons. The summed E-state index contributed by atoms with van der Waals surface area (Å²) in [5.41, 5.74) is 9.70. The molecule has 5 rings (SSSR count). The third-order valence-corrected chi connectivity index (χ3v) is 6.60. The third kappa shape index (κ3) is 5.14. The summed E-state index contributed by atoms with van der Waals surface area (Å²) < 4.78 is 5.98. The van der Waals surface area contributed by atoms with Crippen molar-refractivity contribution in [3.63, 3.8) is 0 Å². The zero-order valence-electron chi connectivity index (χ0n) is 19.7. The lowest BCUT2D eigenvalue weighted by molar-refractivity contribution is 0.465. The van der Waals surface area contributed by atoms with Gasteiger partial charge in [0.15, 0.2) is 5.82 Å². The standard InChI is InChI=1S/C29H21Cl2N5O/c1-17-12-23(24(15-32)19-6-9-21(30)10-7-19)25(31)14-26(17)36-28-27(33)29(35-16-34-28)37-22-11-8-18-4-2-3-5-20(18)13-22/h2-14,16,24H,33H2,1H3,(H,34,35,36). The Morgan fingerprint density at radius 3 is 2.46 bits per heavy atom. The molecular formula is C29H21Cl2N5O. The highest BCUT2D eigenvalue weighted by Crippen LogP contribution is 2.37. The normalized spacial score (nSPS) is 11.6. The van der Waals surface area contributed by atoms with E-state index in [1.165, 1.54) is 6.33 Å². The maximum atomic E-state index is 9.86. The molecule has 1 atom stereocenters. The summed E-state index contributed by atoms with van der Waals surface area (Å²) in [6.45, 7) is 1.92. The molecule has 0 aliphatic rings. The zero-order valence-corrected chi connectivity index (χ0v) is 21.3. The average Bonchev–Trinajstić information content (AvgIpc) is 2.90. The van der Waals surface area contributed by atoms with Gasteiger partial charge in [-0.1, -0.05) is 71.7 Å². The van der Waals surface area contributed by atoms with Crippen LogP contribution in [0, 0.1) is 18.3 Å². The summed E-state index contributed by atoms with van der Waals surface area (Å²) in [7, 11) is 0. The third-order valence-electron chi connectivity index (χ3n) is 6.02. The number of anilines is 3. The van der Waals surface area contributed by atoms with Gasteiger partial charge in [-0.25, -0.2) is 4.98 Å². The van der Waals surface area contributed by atoms with Gasteiger partial charge in [-0.05, 0) is 64.7 Å². The van der Waals surface area contributed by atoms with E-state index in [-0.39, 0.29) is 11.6 Å². The number of nitrogens with one attached hydrogen (secondary N) is 1. The van der Waals surface area contributed by atoms with Crippen molar-refractivity contribution in [1.29, 1.82) is 5.26 Å². The number of aromatic nitrogens is 2. The van der Waals surface area contributed by atoms with Crippen molar-refractivity contribution in [2.24, 2.45) is 0 Å². The number of nitriles is 1. The summed E-state index contributed by atoms with van der Waals surface area (Å²) in [5, 5.41) is 16.3. The van der Waals surface area contributed by atoms with Crippen LogP contribution in [0.25, 0.3) is 10.8 Å². The lowest BCUT2D eigenvalue weighted by Crippen LogP contribution is -2.05. The Labute approximate surface area is 224 Å². The first-order chi connectivity index (χ1) is 17.9. The minimum atomic E-state index is -0.538. The number of fused-ring (bicyclic) bond motifs is 1. The van der Waals surface area contributed by atoms with E-state index in [0.29, 0.717) is 32.9 Å². The number of hydrogen-bond donors (Lipinski definition) is 2. The van der Waals surface area contributed by atoms with Gasteiger partial charge in [0.05, 0.1) is 12.0 Å². The molecule has 0 saturated carbocycles. The van der Waals surface area contributed by atoms with E-state index in [1.54, 1.807) is 18.2 Å². The monoisotopic (exact) mass is 525 g/mol. The predicted molar refractivity (Wildman–Crippen MR) is 149 cm³/mol. The van der Waals surface area contributed by atoms with Crippen molar-refractivity contribution < 1.29 is 4.74 Å². The number of rotatable bonds is 6. The molecule has 4 aromatic carbocycles. The van der Waals surface area contributed by atoms with E-state index >= 15 is 0 Å². The molecule has 0 radical (unpaired) electrons. The van der Waals surface area contributed by atoms with Crippen molar-refractivity contribution >= 4 is 51.2 Å². The first-order valence-electron chi connectivity index (χ1n) is 11.4. The fourth-order valence-electron chi connectivity index (χ4n) is 4.07. The maximum absolute atomic E-state index is 9.86. The van der Waals surface area contributed by atoms with E-state index in [0.717, 1.165) is 21.9 Å². The molecule has 0 bridgehead atoms. The highest BCUT2D eigenvalue weighted by Gasteiger charge is 2.19. The van der Waals surface area contributed by atoms with Gasteiger partial charge in [0.2, 0.25) is 5.88 Å². The minimum absolute atomic E-state index is 0.237. The highest BCUT2D eigenvalue weighted by atomic mass is 35.5. The van der Waals surface area contributed by atoms with Gasteiger partial charge in [-0.3, -0.25) is 0 Å². The first kappa shape index (κ1) is 24.4. The van der Waals surface area contributed by atoms with E-state index < -0.39 is 5.92 Å². The predicted octanol–water partition coefficient (Wildman–Crippen LogP) is 8.02. The van der Waals surface area contributed by atoms with Crippen molar-refractivity contribution in [2.75, 3.05) is 11.1 Å². The number of benzene rings is 4. The number of halogens is 2. The molecule has 0 aliphatic heterocycles. The number of aryl methyl sites for hydroxylation is 1. The summed E-state index contributed by atoms with van der Waals surface area (Å²) in [6, 6.07) is 26.9. The summed E-state index contributed by atoms with van der Waals surface area (Å²) in [4.78, 5) is 8.51. The number of ether oxygens (including phenoxy) is 1. The fraction of sp³-hybridized carbons (Fsp3) is 0.0690. The maximum Gasteiger partial charge on any atom is 0.248 e. The largest absolute Gasteiger partial charge is 0.437 e. The van der Waals surface area contributed by atoms with Crippen molar-refractivity contribution in [1.82, 2.24) is 9.97 Å². The van der Waals surface area contributed by atoms with Crippen molar-refractivity contribution in [2.45, 2.75) is 12.8 Å². The fourth-order valence-corrected chi connectivity index (χ4v) is 4.47. The second-order valence-corrected chi connectivity index (χ2v) is 9.32. The topological polar surface area (TPSA) is 96.8 Å². The van der Waals surface area contributed by atoms with Crippen LogP contribution in [0.2, 0.25) is 10.0 Å². The molecule has 0 aliphatic carbocycles. The van der Waals surface area contributed by atoms with E-state index in [2.05, 4.69) is 21.4 Å². The van der Waals surface area contributed by atoms with Crippen LogP contribution >= 0.6 is 23.2 Å². The number of nitrogen functional groups attached to an aromatic ring is 1. The zero-order chi connectivity index (χ0) is 25.9. The van der Waals surface area contributed by atoms with Crippen LogP contribution in [-0.4, -0.2) is 9.97 Å². The van der Waals surface area contributed by atoms with Gasteiger partial charge in [-0.2, -0.15) is 10.2 Å². The minimum Gasteiger partial charge on any atom is -0.437 e. The molecule has 8 heteroatoms. The molecule has 0 saturated heterocycles. The Morgan fingerprint density at radius 2 is 1.70 bits per heavy atom. The Kier molecular flexibility index (Phi) is 6.82. The highest BCUT2D eigenvalue weighted by molar-refractivity contribution is 6.32. The van der Waals surface area contributed by atoms with Crippen LogP contribution in [0.15, 0.2) is 85.2 Å². The summed E-state index contributed by atoms with van der Waals surface area (Å²) in [6.07, 6.45) is 1.38. The number of nitrogens with zero attached hydrogens (tertiary/aromatic N) is 3. The smallest absolute Gasteiger partial charge is 0.248 e. The van der Waals surface area contributed by atoms with Crippen LogP contribution in [0.4, 0.5) is 17.2 Å². The van der Waals surface area contributed by atoms with Crippen LogP contribution in [-0.2, 0) is 0 Å². The molecule has 0 spiro atoms. The molecule has 3 N–H and O–H groups in total. The van der Waals surface area contributed by atoms with Gasteiger partial charge in [0.25, 0.3) is 0 Å². The quantitative estimate of drug-likeness (QED) is 0.233. The Bertz CT molecular complexity index is 1650. The van der Waals surface area contributed by atoms with Gasteiger partial charge < -0.3 is 15.8 Å². The number of nitrogens with two attached hydrogens (primary N) is 1. The molecule has 1 heterocycles. The lowest BCUT2D eigenvalue weighted by atomic mass is 9.91. The molecule has 1 aromatic heterocycles. The van der Waals surface area contributed by atoms with Crippen molar-refractivity contribution in [3.8, 4) is 17.7 Å². The van der Waals surface area contributed by atoms with Crippen LogP contribution in [0.5, 0.6) is 11.6 Å². The Hall–Kier alpha value is -4.31. The Balaban J connectivity index is 1.41. The molecular weight excluding hydrogens is 505 g/mol. The second kappa shape index (κ2) is 10.4. The van der Waals surface area contributed by atoms with Crippen LogP contribution < -0.4 is 15.8 Å². The van der Waals surface area contributed by atoms with E-state index in [1.807, 2.05) is 67.6 Å². The molecule has 6 nitrogen and oxygen atoms in total. The summed E-state index contributed by atoms with van der Waals surface area (Å²) in [5.74, 6) is 0.694. The molecule has 0 fully saturated rings. The van der Waals surface area contributed by atoms with Gasteiger partial charge in [-0.15, -0.1) is 0 Å². The molecule has 1 unspecified atom stereocenters.